The molecule has 0 radical (unpaired) electrons. The zero-order chi connectivity index (χ0) is 18.7. The van der Waals surface area contributed by atoms with Gasteiger partial charge in [0, 0.05) is 35.6 Å². The molecular weight excluding hydrogens is 342 g/mol. The minimum Gasteiger partial charge on any atom is -0.493 e. The smallest absolute Gasteiger partial charge is 0.356 e. The van der Waals surface area contributed by atoms with Crippen molar-refractivity contribution < 1.29 is 9.90 Å². The van der Waals surface area contributed by atoms with Gasteiger partial charge in [0.15, 0.2) is 5.69 Å². The second-order valence-electron chi connectivity index (χ2n) is 6.45. The molecular formula is C17H24ClN5O2. The van der Waals surface area contributed by atoms with E-state index >= 15 is 0 Å². The first kappa shape index (κ1) is 19.2. The highest BCUT2D eigenvalue weighted by molar-refractivity contribution is 6.31. The number of benzene rings is 1. The van der Waals surface area contributed by atoms with Crippen LogP contribution in [0.2, 0.25) is 5.02 Å². The van der Waals surface area contributed by atoms with Crippen LogP contribution in [0.25, 0.3) is 10.9 Å². The molecule has 8 heteroatoms. The van der Waals surface area contributed by atoms with E-state index in [0.29, 0.717) is 29.0 Å². The Morgan fingerprint density at radius 3 is 2.52 bits per heavy atom. The molecule has 136 valence electrons. The topological polar surface area (TPSA) is 96.2 Å². The number of hydrogen-bond acceptors (Lipinski definition) is 4. The third kappa shape index (κ3) is 4.29. The largest absolute Gasteiger partial charge is 0.493 e. The summed E-state index contributed by atoms with van der Waals surface area (Å²) in [6.07, 6.45) is 0. The maximum Gasteiger partial charge on any atom is 0.356 e. The summed E-state index contributed by atoms with van der Waals surface area (Å²) < 4.78 is 1.75. The Bertz CT molecular complexity index is 790. The van der Waals surface area contributed by atoms with E-state index in [2.05, 4.69) is 42.8 Å². The molecule has 0 spiro atoms. The number of primary amides is 1. The zero-order valence-corrected chi connectivity index (χ0v) is 15.7. The molecule has 0 aliphatic heterocycles. The Labute approximate surface area is 152 Å². The summed E-state index contributed by atoms with van der Waals surface area (Å²) in [6.45, 7) is 9.87. The van der Waals surface area contributed by atoms with Crippen LogP contribution in [0.3, 0.4) is 0 Å². The predicted octanol–water partition coefficient (Wildman–Crippen LogP) is 4.28. The number of nitrogens with zero attached hydrogens (tertiary/aromatic N) is 4. The van der Waals surface area contributed by atoms with Crippen LogP contribution in [0.4, 0.5) is 10.5 Å². The molecule has 2 aromatic rings. The minimum atomic E-state index is -0.923. The number of halogens is 1. The fraction of sp³-hybridized carbons (Fsp3) is 0.471. The molecule has 7 nitrogen and oxygen atoms in total. The van der Waals surface area contributed by atoms with E-state index in [1.54, 1.807) is 16.7 Å². The molecule has 3 N–H and O–H groups in total. The van der Waals surface area contributed by atoms with Crippen molar-refractivity contribution in [2.45, 2.75) is 46.3 Å². The average Bonchev–Trinajstić information content (AvgIpc) is 2.76. The second-order valence-corrected chi connectivity index (χ2v) is 6.89. The SMILES string of the molecule is CC(C)N(CCn1c(O)c(N=NC(N)=O)c2cc(Cl)ccc21)C(C)C. The van der Waals surface area contributed by atoms with Crippen LogP contribution in [0.5, 0.6) is 5.88 Å². The molecule has 1 aromatic carbocycles. The first-order valence-corrected chi connectivity index (χ1v) is 8.57. The summed E-state index contributed by atoms with van der Waals surface area (Å²) in [4.78, 5) is 13.2. The van der Waals surface area contributed by atoms with Crippen molar-refractivity contribution in [1.29, 1.82) is 0 Å². The summed E-state index contributed by atoms with van der Waals surface area (Å²) in [7, 11) is 0. The third-order valence-corrected chi connectivity index (χ3v) is 4.36. The summed E-state index contributed by atoms with van der Waals surface area (Å²) in [5.74, 6) is -0.0604. The Hall–Kier alpha value is -2.12. The van der Waals surface area contributed by atoms with Crippen LogP contribution in [0.15, 0.2) is 28.4 Å². The lowest BCUT2D eigenvalue weighted by atomic mass is 10.2. The predicted molar refractivity (Wildman–Crippen MR) is 99.7 cm³/mol. The van der Waals surface area contributed by atoms with Gasteiger partial charge in [-0.2, -0.15) is 0 Å². The van der Waals surface area contributed by atoms with Crippen LogP contribution >= 0.6 is 11.6 Å². The number of amides is 2. The van der Waals surface area contributed by atoms with Crippen molar-refractivity contribution in [3.05, 3.63) is 23.2 Å². The van der Waals surface area contributed by atoms with E-state index in [4.69, 9.17) is 17.3 Å². The van der Waals surface area contributed by atoms with E-state index in [9.17, 15) is 9.90 Å². The number of carbonyl (C=O) groups excluding carboxylic acids is 1. The standard InChI is InChI=1S/C17H24ClN5O2/c1-10(2)22(11(3)4)7-8-23-14-6-5-12(18)9-13(14)15(16(23)24)20-21-17(19)25/h5-6,9-11,24H,7-8H2,1-4H3,(H2,19,25). The lowest BCUT2D eigenvalue weighted by molar-refractivity contribution is 0.167. The first-order valence-electron chi connectivity index (χ1n) is 8.20. The van der Waals surface area contributed by atoms with Crippen molar-refractivity contribution >= 4 is 34.2 Å². The van der Waals surface area contributed by atoms with Gasteiger partial charge >= 0.3 is 6.03 Å². The highest BCUT2D eigenvalue weighted by Gasteiger charge is 2.19. The average molecular weight is 366 g/mol. The summed E-state index contributed by atoms with van der Waals surface area (Å²) in [5.41, 5.74) is 5.98. The normalized spacial score (nSPS) is 12.3. The molecule has 0 unspecified atom stereocenters. The van der Waals surface area contributed by atoms with E-state index in [1.807, 2.05) is 6.07 Å². The van der Waals surface area contributed by atoms with Gasteiger partial charge in [0.05, 0.1) is 5.52 Å². The highest BCUT2D eigenvalue weighted by Crippen LogP contribution is 2.40. The lowest BCUT2D eigenvalue weighted by Gasteiger charge is -2.30. The van der Waals surface area contributed by atoms with E-state index in [0.717, 1.165) is 12.1 Å². The molecule has 0 saturated heterocycles. The number of rotatable bonds is 6. The van der Waals surface area contributed by atoms with Crippen LogP contribution in [-0.4, -0.2) is 39.2 Å². The molecule has 0 fully saturated rings. The summed E-state index contributed by atoms with van der Waals surface area (Å²) in [5, 5.41) is 18.9. The van der Waals surface area contributed by atoms with Crippen LogP contribution < -0.4 is 5.73 Å². The highest BCUT2D eigenvalue weighted by atomic mass is 35.5. The van der Waals surface area contributed by atoms with E-state index in [1.165, 1.54) is 0 Å². The minimum absolute atomic E-state index is 0.0604. The molecule has 0 aliphatic rings. The van der Waals surface area contributed by atoms with E-state index < -0.39 is 6.03 Å². The molecule has 25 heavy (non-hydrogen) atoms. The van der Waals surface area contributed by atoms with Gasteiger partial charge in [0.25, 0.3) is 0 Å². The van der Waals surface area contributed by atoms with Crippen molar-refractivity contribution in [1.82, 2.24) is 9.47 Å². The number of aromatic nitrogens is 1. The molecule has 0 aliphatic carbocycles. The van der Waals surface area contributed by atoms with Crippen LogP contribution in [0, 0.1) is 0 Å². The van der Waals surface area contributed by atoms with Crippen molar-refractivity contribution in [3.63, 3.8) is 0 Å². The van der Waals surface area contributed by atoms with E-state index in [-0.39, 0.29) is 11.6 Å². The van der Waals surface area contributed by atoms with Crippen molar-refractivity contribution in [2.75, 3.05) is 6.54 Å². The van der Waals surface area contributed by atoms with Crippen LogP contribution in [0.1, 0.15) is 27.7 Å². The lowest BCUT2D eigenvalue weighted by Crippen LogP contribution is -2.39. The number of nitrogens with two attached hydrogens (primary N) is 1. The molecule has 0 bridgehead atoms. The second kappa shape index (κ2) is 7.84. The van der Waals surface area contributed by atoms with Gasteiger partial charge in [0.1, 0.15) is 0 Å². The molecule has 0 atom stereocenters. The maximum atomic E-state index is 10.9. The molecule has 0 saturated carbocycles. The van der Waals surface area contributed by atoms with Crippen LogP contribution in [-0.2, 0) is 6.54 Å². The first-order chi connectivity index (χ1) is 11.7. The van der Waals surface area contributed by atoms with Gasteiger partial charge in [-0.05, 0) is 45.9 Å². The fourth-order valence-electron chi connectivity index (χ4n) is 3.05. The molecule has 1 heterocycles. The van der Waals surface area contributed by atoms with Gasteiger partial charge in [-0.25, -0.2) is 4.79 Å². The number of azo groups is 1. The van der Waals surface area contributed by atoms with Gasteiger partial charge in [0.2, 0.25) is 5.88 Å². The Kier molecular flexibility index (Phi) is 6.02. The number of hydrogen-bond donors (Lipinski definition) is 2. The number of aromatic hydroxyl groups is 1. The van der Waals surface area contributed by atoms with Gasteiger partial charge in [-0.3, -0.25) is 4.90 Å². The Morgan fingerprint density at radius 1 is 1.32 bits per heavy atom. The zero-order valence-electron chi connectivity index (χ0n) is 14.9. The van der Waals surface area contributed by atoms with Gasteiger partial charge in [-0.1, -0.05) is 16.7 Å². The Morgan fingerprint density at radius 2 is 1.96 bits per heavy atom. The summed E-state index contributed by atoms with van der Waals surface area (Å²) in [6, 6.07) is 5.09. The summed E-state index contributed by atoms with van der Waals surface area (Å²) >= 11 is 6.06. The van der Waals surface area contributed by atoms with Crippen molar-refractivity contribution in [2.24, 2.45) is 16.0 Å². The molecule has 2 rings (SSSR count). The number of urea groups is 1. The molecule has 1 aromatic heterocycles. The molecule has 2 amide bonds. The monoisotopic (exact) mass is 365 g/mol. The number of carbonyl (C=O) groups is 1. The van der Waals surface area contributed by atoms with Gasteiger partial charge < -0.3 is 15.4 Å². The Balaban J connectivity index is 2.46. The quantitative estimate of drug-likeness (QED) is 0.747. The fourth-order valence-corrected chi connectivity index (χ4v) is 3.22. The van der Waals surface area contributed by atoms with Crippen molar-refractivity contribution in [3.8, 4) is 5.88 Å². The maximum absolute atomic E-state index is 10.9. The third-order valence-electron chi connectivity index (χ3n) is 4.13. The number of fused-ring (bicyclic) bond motifs is 1. The van der Waals surface area contributed by atoms with Gasteiger partial charge in [-0.15, -0.1) is 5.11 Å².